The molecule has 0 fully saturated rings. The zero-order chi connectivity index (χ0) is 15.2. The van der Waals surface area contributed by atoms with E-state index in [0.717, 1.165) is 11.3 Å². The molecule has 3 heteroatoms. The lowest BCUT2D eigenvalue weighted by atomic mass is 10.1. The Bertz CT molecular complexity index is 696. The molecule has 0 saturated carbocycles. The summed E-state index contributed by atoms with van der Waals surface area (Å²) in [6.45, 7) is 4.03. The number of halogens is 1. The summed E-state index contributed by atoms with van der Waals surface area (Å²) in [6.07, 6.45) is 0. The molecule has 2 nitrogen and oxygen atoms in total. The minimum absolute atomic E-state index is 0.245. The van der Waals surface area contributed by atoms with E-state index in [1.54, 1.807) is 6.07 Å². The molecular weight excluding hydrogens is 267 g/mol. The maximum Gasteiger partial charge on any atom is 0.124 e. The van der Waals surface area contributed by atoms with E-state index >= 15 is 0 Å². The number of aliphatic hydroxyl groups is 1. The van der Waals surface area contributed by atoms with Gasteiger partial charge in [-0.1, -0.05) is 29.5 Å². The van der Waals surface area contributed by atoms with Gasteiger partial charge in [0.2, 0.25) is 0 Å². The third-order valence-corrected chi connectivity index (χ3v) is 2.99. The number of hydrogen-bond acceptors (Lipinski definition) is 2. The number of rotatable bonds is 3. The van der Waals surface area contributed by atoms with Gasteiger partial charge < -0.3 is 9.84 Å². The van der Waals surface area contributed by atoms with Crippen LogP contribution in [-0.4, -0.2) is 11.7 Å². The summed E-state index contributed by atoms with van der Waals surface area (Å²) in [7, 11) is 0. The molecule has 0 aliphatic carbocycles. The van der Waals surface area contributed by atoms with Crippen molar-refractivity contribution in [1.29, 1.82) is 0 Å². The SMILES string of the molecule is Cc1ccc(OCc2cc(F)cc(C#CCO)c2)c(C)c1. The van der Waals surface area contributed by atoms with Crippen LogP contribution in [0.3, 0.4) is 0 Å². The molecule has 2 aromatic carbocycles. The average Bonchev–Trinajstić information content (AvgIpc) is 2.43. The van der Waals surface area contributed by atoms with E-state index in [1.165, 1.54) is 17.7 Å². The zero-order valence-electron chi connectivity index (χ0n) is 12.1. The fourth-order valence-electron chi connectivity index (χ4n) is 2.07. The van der Waals surface area contributed by atoms with Crippen molar-refractivity contribution in [3.63, 3.8) is 0 Å². The molecule has 0 bridgehead atoms. The quantitative estimate of drug-likeness (QED) is 0.876. The first-order valence-electron chi connectivity index (χ1n) is 6.68. The summed E-state index contributed by atoms with van der Waals surface area (Å²) in [5, 5.41) is 8.68. The summed E-state index contributed by atoms with van der Waals surface area (Å²) in [4.78, 5) is 0. The van der Waals surface area contributed by atoms with Gasteiger partial charge in [-0.2, -0.15) is 0 Å². The number of benzene rings is 2. The van der Waals surface area contributed by atoms with Gasteiger partial charge in [0.25, 0.3) is 0 Å². The molecule has 0 saturated heterocycles. The lowest BCUT2D eigenvalue weighted by Crippen LogP contribution is -1.98. The first-order valence-corrected chi connectivity index (χ1v) is 6.68. The Kier molecular flexibility index (Phi) is 4.97. The first-order chi connectivity index (χ1) is 10.1. The second-order valence-corrected chi connectivity index (χ2v) is 4.87. The lowest BCUT2D eigenvalue weighted by Gasteiger charge is -2.10. The van der Waals surface area contributed by atoms with Crippen LogP contribution >= 0.6 is 0 Å². The molecule has 0 unspecified atom stereocenters. The molecule has 2 rings (SSSR count). The lowest BCUT2D eigenvalue weighted by molar-refractivity contribution is 0.303. The van der Waals surface area contributed by atoms with Crippen LogP contribution in [0.5, 0.6) is 5.75 Å². The van der Waals surface area contributed by atoms with Crippen LogP contribution in [0.25, 0.3) is 0 Å². The van der Waals surface area contributed by atoms with Gasteiger partial charge in [0.15, 0.2) is 0 Å². The van der Waals surface area contributed by atoms with E-state index in [2.05, 4.69) is 11.8 Å². The largest absolute Gasteiger partial charge is 0.489 e. The van der Waals surface area contributed by atoms with Gasteiger partial charge in [-0.05, 0) is 49.2 Å². The Hall–Kier alpha value is -2.31. The van der Waals surface area contributed by atoms with Crippen LogP contribution < -0.4 is 4.74 Å². The second-order valence-electron chi connectivity index (χ2n) is 4.87. The Morgan fingerprint density at radius 1 is 1.14 bits per heavy atom. The Balaban J connectivity index is 2.14. The van der Waals surface area contributed by atoms with E-state index in [0.29, 0.717) is 11.1 Å². The first kappa shape index (κ1) is 15.1. The van der Waals surface area contributed by atoms with Crippen LogP contribution in [0.4, 0.5) is 4.39 Å². The van der Waals surface area contributed by atoms with Gasteiger partial charge in [0.05, 0.1) is 0 Å². The van der Waals surface area contributed by atoms with E-state index in [4.69, 9.17) is 9.84 Å². The highest BCUT2D eigenvalue weighted by Crippen LogP contribution is 2.20. The summed E-state index contributed by atoms with van der Waals surface area (Å²) in [5.41, 5.74) is 3.46. The van der Waals surface area contributed by atoms with Crippen molar-refractivity contribution in [3.05, 3.63) is 64.5 Å². The fourth-order valence-corrected chi connectivity index (χ4v) is 2.07. The van der Waals surface area contributed by atoms with Crippen molar-refractivity contribution in [2.24, 2.45) is 0 Å². The van der Waals surface area contributed by atoms with Crippen LogP contribution in [0, 0.1) is 31.5 Å². The fraction of sp³-hybridized carbons (Fsp3) is 0.222. The second kappa shape index (κ2) is 6.92. The number of hydrogen-bond donors (Lipinski definition) is 1. The number of aliphatic hydroxyl groups excluding tert-OH is 1. The molecule has 0 amide bonds. The van der Waals surface area contributed by atoms with Gasteiger partial charge in [-0.3, -0.25) is 0 Å². The molecule has 0 aromatic heterocycles. The molecule has 0 aliphatic rings. The van der Waals surface area contributed by atoms with Crippen LogP contribution in [0.1, 0.15) is 22.3 Å². The maximum atomic E-state index is 13.5. The molecule has 2 aromatic rings. The number of ether oxygens (including phenoxy) is 1. The van der Waals surface area contributed by atoms with Crippen molar-refractivity contribution in [2.75, 3.05) is 6.61 Å². The Labute approximate surface area is 124 Å². The molecule has 0 atom stereocenters. The standard InChI is InChI=1S/C18H17FO2/c1-13-5-6-18(14(2)8-13)21-12-16-9-15(4-3-7-20)10-17(19)11-16/h5-6,8-11,20H,7,12H2,1-2H3. The minimum Gasteiger partial charge on any atom is -0.489 e. The normalized spacial score (nSPS) is 9.90. The van der Waals surface area contributed by atoms with Crippen molar-refractivity contribution in [1.82, 2.24) is 0 Å². The molecule has 1 N–H and O–H groups in total. The molecule has 0 heterocycles. The highest BCUT2D eigenvalue weighted by Gasteiger charge is 2.03. The third-order valence-electron chi connectivity index (χ3n) is 2.99. The molecule has 21 heavy (non-hydrogen) atoms. The zero-order valence-corrected chi connectivity index (χ0v) is 12.1. The highest BCUT2D eigenvalue weighted by atomic mass is 19.1. The molecule has 0 aliphatic heterocycles. The van der Waals surface area contributed by atoms with Crippen molar-refractivity contribution in [3.8, 4) is 17.6 Å². The van der Waals surface area contributed by atoms with E-state index in [-0.39, 0.29) is 19.0 Å². The summed E-state index contributed by atoms with van der Waals surface area (Å²) >= 11 is 0. The molecule has 0 radical (unpaired) electrons. The molecule has 108 valence electrons. The summed E-state index contributed by atoms with van der Waals surface area (Å²) < 4.78 is 19.3. The molecular formula is C18H17FO2. The van der Waals surface area contributed by atoms with Gasteiger partial charge in [0.1, 0.15) is 24.8 Å². The summed E-state index contributed by atoms with van der Waals surface area (Å²) in [6, 6.07) is 10.5. The van der Waals surface area contributed by atoms with E-state index in [1.807, 2.05) is 32.0 Å². The van der Waals surface area contributed by atoms with Crippen LogP contribution in [0.15, 0.2) is 36.4 Å². The van der Waals surface area contributed by atoms with E-state index < -0.39 is 0 Å². The van der Waals surface area contributed by atoms with Gasteiger partial charge >= 0.3 is 0 Å². The van der Waals surface area contributed by atoms with Crippen molar-refractivity contribution < 1.29 is 14.2 Å². The van der Waals surface area contributed by atoms with Crippen LogP contribution in [-0.2, 0) is 6.61 Å². The third kappa shape index (κ3) is 4.34. The smallest absolute Gasteiger partial charge is 0.124 e. The topological polar surface area (TPSA) is 29.5 Å². The van der Waals surface area contributed by atoms with Gasteiger partial charge in [-0.15, -0.1) is 0 Å². The highest BCUT2D eigenvalue weighted by molar-refractivity contribution is 5.39. The monoisotopic (exact) mass is 284 g/mol. The summed E-state index contributed by atoms with van der Waals surface area (Å²) in [5.74, 6) is 5.63. The predicted molar refractivity (Wildman–Crippen MR) is 80.6 cm³/mol. The van der Waals surface area contributed by atoms with Gasteiger partial charge in [-0.25, -0.2) is 4.39 Å². The minimum atomic E-state index is -0.362. The van der Waals surface area contributed by atoms with Crippen molar-refractivity contribution >= 4 is 0 Å². The molecule has 0 spiro atoms. The number of aryl methyl sites for hydroxylation is 2. The van der Waals surface area contributed by atoms with Crippen LogP contribution in [0.2, 0.25) is 0 Å². The van der Waals surface area contributed by atoms with E-state index in [9.17, 15) is 4.39 Å². The average molecular weight is 284 g/mol. The Morgan fingerprint density at radius 2 is 1.95 bits per heavy atom. The maximum absolute atomic E-state index is 13.5. The Morgan fingerprint density at radius 3 is 2.67 bits per heavy atom. The van der Waals surface area contributed by atoms with Crippen molar-refractivity contribution in [2.45, 2.75) is 20.5 Å². The van der Waals surface area contributed by atoms with Gasteiger partial charge in [0, 0.05) is 5.56 Å². The predicted octanol–water partition coefficient (Wildman–Crippen LogP) is 3.37.